The highest BCUT2D eigenvalue weighted by Crippen LogP contribution is 1.90. The summed E-state index contributed by atoms with van der Waals surface area (Å²) >= 11 is 0. The quantitative estimate of drug-likeness (QED) is 0.597. The SMILES string of the molecule is Cl.O=C(NF)C(F)CF. The number of carbonyl (C=O) groups is 1. The van der Waals surface area contributed by atoms with Crippen LogP contribution in [0.1, 0.15) is 0 Å². The molecule has 1 atom stereocenters. The molecule has 0 rings (SSSR count). The van der Waals surface area contributed by atoms with Gasteiger partial charge < -0.3 is 0 Å². The van der Waals surface area contributed by atoms with E-state index in [-0.39, 0.29) is 12.4 Å². The zero-order valence-corrected chi connectivity index (χ0v) is 5.05. The van der Waals surface area contributed by atoms with Crippen LogP contribution in [0.4, 0.5) is 13.3 Å². The molecule has 56 valence electrons. The number of halogens is 4. The first-order valence-corrected chi connectivity index (χ1v) is 1.83. The molecule has 9 heavy (non-hydrogen) atoms. The van der Waals surface area contributed by atoms with E-state index >= 15 is 0 Å². The van der Waals surface area contributed by atoms with Crippen molar-refractivity contribution in [2.24, 2.45) is 0 Å². The van der Waals surface area contributed by atoms with Crippen molar-refractivity contribution in [1.82, 2.24) is 5.54 Å². The smallest absolute Gasteiger partial charge is 0.269 e. The Balaban J connectivity index is 0. The van der Waals surface area contributed by atoms with E-state index in [1.54, 1.807) is 0 Å². The van der Waals surface area contributed by atoms with E-state index in [1.165, 1.54) is 0 Å². The van der Waals surface area contributed by atoms with Gasteiger partial charge in [0.2, 0.25) is 6.17 Å². The van der Waals surface area contributed by atoms with E-state index in [0.717, 1.165) is 0 Å². The maximum atomic E-state index is 11.5. The minimum Gasteiger partial charge on any atom is -0.269 e. The number of carbonyl (C=O) groups excluding carboxylic acids is 1. The van der Waals surface area contributed by atoms with Gasteiger partial charge in [0.05, 0.1) is 0 Å². The predicted molar refractivity (Wildman–Crippen MR) is 27.4 cm³/mol. The van der Waals surface area contributed by atoms with Gasteiger partial charge in [-0.3, -0.25) is 4.79 Å². The van der Waals surface area contributed by atoms with Gasteiger partial charge >= 0.3 is 0 Å². The first kappa shape index (κ1) is 11.4. The third-order valence-corrected chi connectivity index (χ3v) is 0.513. The summed E-state index contributed by atoms with van der Waals surface area (Å²) in [6.45, 7) is -1.49. The summed E-state index contributed by atoms with van der Waals surface area (Å²) in [5.74, 6) is -1.58. The molecule has 0 bridgehead atoms. The molecule has 0 heterocycles. The van der Waals surface area contributed by atoms with Crippen molar-refractivity contribution in [3.05, 3.63) is 0 Å². The second-order valence-electron chi connectivity index (χ2n) is 1.08. The Morgan fingerprint density at radius 1 is 1.67 bits per heavy atom. The maximum Gasteiger partial charge on any atom is 0.284 e. The molecule has 1 N–H and O–H groups in total. The van der Waals surface area contributed by atoms with Crippen molar-refractivity contribution >= 4 is 18.3 Å². The minimum absolute atomic E-state index is 0. The topological polar surface area (TPSA) is 29.1 Å². The summed E-state index contributed by atoms with van der Waals surface area (Å²) in [6.07, 6.45) is -2.38. The monoisotopic (exact) mass is 163 g/mol. The van der Waals surface area contributed by atoms with Crippen LogP contribution >= 0.6 is 12.4 Å². The summed E-state index contributed by atoms with van der Waals surface area (Å²) in [5.41, 5.74) is 0.462. The van der Waals surface area contributed by atoms with Crippen molar-refractivity contribution in [2.75, 3.05) is 6.67 Å². The van der Waals surface area contributed by atoms with E-state index in [2.05, 4.69) is 0 Å². The van der Waals surface area contributed by atoms with Crippen LogP contribution in [-0.4, -0.2) is 18.8 Å². The van der Waals surface area contributed by atoms with E-state index in [1.807, 2.05) is 0 Å². The normalized spacial score (nSPS) is 11.4. The van der Waals surface area contributed by atoms with Crippen molar-refractivity contribution in [3.8, 4) is 0 Å². The summed E-state index contributed by atoms with van der Waals surface area (Å²) in [5, 5.41) is 0. The highest BCUT2D eigenvalue weighted by atomic mass is 35.5. The Hall–Kier alpha value is -0.450. The lowest BCUT2D eigenvalue weighted by Gasteiger charge is -1.95. The Morgan fingerprint density at radius 3 is 2.22 bits per heavy atom. The Labute approximate surface area is 55.8 Å². The summed E-state index contributed by atoms with van der Waals surface area (Å²) in [7, 11) is 0. The lowest BCUT2D eigenvalue weighted by molar-refractivity contribution is -0.130. The molecule has 0 aromatic heterocycles. The number of alkyl halides is 2. The van der Waals surface area contributed by atoms with Crippen molar-refractivity contribution < 1.29 is 18.1 Å². The second kappa shape index (κ2) is 5.68. The zero-order chi connectivity index (χ0) is 6.57. The number of amides is 1. The Bertz CT molecular complexity index is 91.1. The molecule has 1 unspecified atom stereocenters. The fourth-order valence-electron chi connectivity index (χ4n) is 0.129. The van der Waals surface area contributed by atoms with Crippen molar-refractivity contribution in [3.63, 3.8) is 0 Å². The standard InChI is InChI=1S/C3H4F3NO.ClH/c4-1-2(5)3(8)7-6;/h2H,1H2,(H,7,8);1H. The number of rotatable bonds is 2. The first-order chi connectivity index (χ1) is 3.72. The lowest BCUT2D eigenvalue weighted by Crippen LogP contribution is -2.27. The van der Waals surface area contributed by atoms with Crippen molar-refractivity contribution in [1.29, 1.82) is 0 Å². The van der Waals surface area contributed by atoms with Gasteiger partial charge in [0, 0.05) is 0 Å². The van der Waals surface area contributed by atoms with Gasteiger partial charge in [-0.25, -0.2) is 8.78 Å². The van der Waals surface area contributed by atoms with Crippen LogP contribution in [0.3, 0.4) is 0 Å². The number of nitrogens with one attached hydrogen (secondary N) is 1. The molecule has 0 aliphatic rings. The van der Waals surface area contributed by atoms with Crippen LogP contribution in [-0.2, 0) is 4.79 Å². The molecule has 0 aromatic carbocycles. The van der Waals surface area contributed by atoms with Gasteiger partial charge in [-0.1, -0.05) is 0 Å². The molecule has 6 heteroatoms. The minimum atomic E-state index is -2.38. The fourth-order valence-corrected chi connectivity index (χ4v) is 0.129. The molecule has 2 nitrogen and oxygen atoms in total. The van der Waals surface area contributed by atoms with Gasteiger partial charge in [-0.15, -0.1) is 16.9 Å². The van der Waals surface area contributed by atoms with E-state index < -0.39 is 18.8 Å². The third-order valence-electron chi connectivity index (χ3n) is 0.513. The molecular formula is C3H5ClF3NO. The maximum absolute atomic E-state index is 11.5. The van der Waals surface area contributed by atoms with Crippen molar-refractivity contribution in [2.45, 2.75) is 6.17 Å². The molecule has 0 spiro atoms. The lowest BCUT2D eigenvalue weighted by atomic mass is 10.4. The van der Waals surface area contributed by atoms with Crippen LogP contribution in [0.25, 0.3) is 0 Å². The highest BCUT2D eigenvalue weighted by molar-refractivity contribution is 5.85. The second-order valence-corrected chi connectivity index (χ2v) is 1.08. The molecule has 0 saturated heterocycles. The van der Waals surface area contributed by atoms with E-state index in [4.69, 9.17) is 0 Å². The Morgan fingerprint density at radius 2 is 2.11 bits per heavy atom. The average molecular weight is 164 g/mol. The van der Waals surface area contributed by atoms with Crippen LogP contribution in [0.5, 0.6) is 0 Å². The molecule has 0 saturated carbocycles. The highest BCUT2D eigenvalue weighted by Gasteiger charge is 2.15. The molecular weight excluding hydrogens is 158 g/mol. The van der Waals surface area contributed by atoms with Gasteiger partial charge in [0.1, 0.15) is 6.67 Å². The first-order valence-electron chi connectivity index (χ1n) is 1.83. The molecule has 1 amide bonds. The van der Waals surface area contributed by atoms with Crippen LogP contribution < -0.4 is 5.54 Å². The third kappa shape index (κ3) is 4.08. The predicted octanol–water partition coefficient (Wildman–Crippen LogP) is 0.717. The van der Waals surface area contributed by atoms with E-state index in [9.17, 15) is 18.1 Å². The number of hydrogen-bond acceptors (Lipinski definition) is 1. The van der Waals surface area contributed by atoms with Gasteiger partial charge in [0.15, 0.2) is 0 Å². The summed E-state index contributed by atoms with van der Waals surface area (Å²) in [6, 6.07) is 0. The molecule has 0 fully saturated rings. The van der Waals surface area contributed by atoms with Gasteiger partial charge in [-0.05, 0) is 0 Å². The van der Waals surface area contributed by atoms with Crippen LogP contribution in [0, 0.1) is 0 Å². The molecule has 0 aromatic rings. The molecule has 0 aliphatic heterocycles. The fraction of sp³-hybridized carbons (Fsp3) is 0.667. The number of hydrogen-bond donors (Lipinski definition) is 1. The molecule has 0 radical (unpaired) electrons. The van der Waals surface area contributed by atoms with Crippen LogP contribution in [0.2, 0.25) is 0 Å². The van der Waals surface area contributed by atoms with E-state index in [0.29, 0.717) is 5.54 Å². The Kier molecular flexibility index (Phi) is 7.17. The molecule has 0 aliphatic carbocycles. The largest absolute Gasteiger partial charge is 0.284 e. The zero-order valence-electron chi connectivity index (χ0n) is 4.23. The van der Waals surface area contributed by atoms with Crippen LogP contribution in [0.15, 0.2) is 0 Å². The summed E-state index contributed by atoms with van der Waals surface area (Å²) < 4.78 is 33.3. The van der Waals surface area contributed by atoms with Gasteiger partial charge in [-0.2, -0.15) is 5.54 Å². The average Bonchev–Trinajstić information content (AvgIpc) is 1.84. The van der Waals surface area contributed by atoms with Gasteiger partial charge in [0.25, 0.3) is 5.91 Å². The summed E-state index contributed by atoms with van der Waals surface area (Å²) in [4.78, 5) is 9.64.